The second kappa shape index (κ2) is 15.8. The van der Waals surface area contributed by atoms with Gasteiger partial charge in [0.15, 0.2) is 0 Å². The molecule has 0 radical (unpaired) electrons. The van der Waals surface area contributed by atoms with Crippen molar-refractivity contribution in [3.8, 4) is 11.1 Å². The van der Waals surface area contributed by atoms with E-state index in [4.69, 9.17) is 9.47 Å². The van der Waals surface area contributed by atoms with Crippen molar-refractivity contribution < 1.29 is 33.8 Å². The number of hydrogen-bond acceptors (Lipinski definition) is 6. The summed E-state index contributed by atoms with van der Waals surface area (Å²) in [6.07, 6.45) is 2.74. The minimum Gasteiger partial charge on any atom is -0.480 e. The summed E-state index contributed by atoms with van der Waals surface area (Å²) in [6, 6.07) is 14.9. The highest BCUT2D eigenvalue weighted by molar-refractivity contribution is 5.81. The Morgan fingerprint density at radius 2 is 1.40 bits per heavy atom. The first kappa shape index (κ1) is 32.4. The van der Waals surface area contributed by atoms with Crippen LogP contribution in [-0.4, -0.2) is 60.5 Å². The van der Waals surface area contributed by atoms with Crippen LogP contribution in [0.15, 0.2) is 48.5 Å². The maximum atomic E-state index is 12.5. The minimum absolute atomic E-state index is 0.0679. The predicted molar refractivity (Wildman–Crippen MR) is 159 cm³/mol. The Labute approximate surface area is 247 Å². The highest BCUT2D eigenvalue weighted by Gasteiger charge is 2.29. The van der Waals surface area contributed by atoms with Crippen LogP contribution in [0.5, 0.6) is 0 Å². The van der Waals surface area contributed by atoms with Crippen molar-refractivity contribution in [2.24, 2.45) is 0 Å². The van der Waals surface area contributed by atoms with Crippen LogP contribution < -0.4 is 16.0 Å². The normalized spacial score (nSPS) is 12.9. The molecule has 0 fully saturated rings. The maximum absolute atomic E-state index is 12.5. The van der Waals surface area contributed by atoms with Crippen molar-refractivity contribution in [2.75, 3.05) is 19.7 Å². The van der Waals surface area contributed by atoms with Crippen molar-refractivity contribution in [1.82, 2.24) is 16.0 Å². The van der Waals surface area contributed by atoms with Crippen molar-refractivity contribution in [2.45, 2.75) is 83.3 Å². The number of hydrogen-bond donors (Lipinski definition) is 4. The average Bonchev–Trinajstić information content (AvgIpc) is 3.25. The number of ether oxygens (including phenoxy) is 2. The van der Waals surface area contributed by atoms with Crippen LogP contribution in [0.4, 0.5) is 9.59 Å². The first-order valence-electron chi connectivity index (χ1n) is 14.6. The van der Waals surface area contributed by atoms with Crippen LogP contribution >= 0.6 is 0 Å². The van der Waals surface area contributed by atoms with Gasteiger partial charge in [0.25, 0.3) is 0 Å². The summed E-state index contributed by atoms with van der Waals surface area (Å²) in [5, 5.41) is 17.6. The molecular weight excluding hydrogens is 538 g/mol. The van der Waals surface area contributed by atoms with Gasteiger partial charge >= 0.3 is 18.2 Å². The molecule has 2 aromatic carbocycles. The molecule has 0 aromatic heterocycles. The van der Waals surface area contributed by atoms with E-state index in [9.17, 15) is 24.3 Å². The molecule has 0 spiro atoms. The number of amides is 3. The van der Waals surface area contributed by atoms with Gasteiger partial charge in [-0.1, -0.05) is 55.0 Å². The van der Waals surface area contributed by atoms with E-state index in [0.29, 0.717) is 38.8 Å². The quantitative estimate of drug-likeness (QED) is 0.208. The third-order valence-corrected chi connectivity index (χ3v) is 6.92. The summed E-state index contributed by atoms with van der Waals surface area (Å²) in [7, 11) is 0. The van der Waals surface area contributed by atoms with E-state index in [1.165, 1.54) is 0 Å². The Bertz CT molecular complexity index is 1180. The fraction of sp³-hybridized carbons (Fsp3) is 0.500. The highest BCUT2D eigenvalue weighted by Crippen LogP contribution is 2.44. The van der Waals surface area contributed by atoms with E-state index in [2.05, 4.69) is 16.0 Å². The lowest BCUT2D eigenvalue weighted by Crippen LogP contribution is -2.41. The zero-order valence-corrected chi connectivity index (χ0v) is 24.7. The number of carbonyl (C=O) groups is 4. The molecule has 0 heterocycles. The summed E-state index contributed by atoms with van der Waals surface area (Å²) in [5.74, 6) is -1.31. The van der Waals surface area contributed by atoms with Gasteiger partial charge < -0.3 is 30.5 Å². The fourth-order valence-electron chi connectivity index (χ4n) is 4.92. The Morgan fingerprint density at radius 1 is 0.810 bits per heavy atom. The standard InChI is InChI=1S/C32H43N3O7/c1-32(2,3)42-30(39)34-20-11-4-5-18-28(36)33-19-12-10-17-27(29(37)38)35-31(40)41-21-26-24-15-8-6-13-22(24)23-14-7-9-16-25(23)26/h6-9,13-16,26-27H,4-5,10-12,17-21H2,1-3H3,(H,33,36)(H,34,39)(H,35,40)(H,37,38)/t27-/m0/s1. The number of aliphatic carboxylic acids is 1. The lowest BCUT2D eigenvalue weighted by molar-refractivity contribution is -0.139. The molecule has 0 saturated carbocycles. The third-order valence-electron chi connectivity index (χ3n) is 6.92. The highest BCUT2D eigenvalue weighted by atomic mass is 16.6. The Hall–Kier alpha value is -4.08. The molecule has 0 unspecified atom stereocenters. The number of fused-ring (bicyclic) bond motifs is 3. The molecule has 1 atom stereocenters. The molecule has 42 heavy (non-hydrogen) atoms. The van der Waals surface area contributed by atoms with Crippen molar-refractivity contribution in [3.63, 3.8) is 0 Å². The van der Waals surface area contributed by atoms with Gasteiger partial charge in [-0.2, -0.15) is 0 Å². The fourth-order valence-corrected chi connectivity index (χ4v) is 4.92. The molecule has 0 bridgehead atoms. The van der Waals surface area contributed by atoms with E-state index < -0.39 is 29.8 Å². The van der Waals surface area contributed by atoms with E-state index >= 15 is 0 Å². The second-order valence-electron chi connectivity index (χ2n) is 11.4. The number of carboxylic acid groups (broad SMARTS) is 1. The van der Waals surface area contributed by atoms with Gasteiger partial charge in [-0.05, 0) is 75.1 Å². The number of carboxylic acids is 1. The van der Waals surface area contributed by atoms with Crippen LogP contribution in [0.2, 0.25) is 0 Å². The van der Waals surface area contributed by atoms with Gasteiger partial charge in [-0.3, -0.25) is 4.79 Å². The van der Waals surface area contributed by atoms with Gasteiger partial charge in [0.1, 0.15) is 18.2 Å². The van der Waals surface area contributed by atoms with E-state index in [1.54, 1.807) is 20.8 Å². The summed E-state index contributed by atoms with van der Waals surface area (Å²) in [6.45, 7) is 6.44. The van der Waals surface area contributed by atoms with Gasteiger partial charge in [0.05, 0.1) is 0 Å². The summed E-state index contributed by atoms with van der Waals surface area (Å²) in [4.78, 5) is 47.9. The topological polar surface area (TPSA) is 143 Å². The molecule has 4 N–H and O–H groups in total. The smallest absolute Gasteiger partial charge is 0.407 e. The summed E-state index contributed by atoms with van der Waals surface area (Å²) in [5.41, 5.74) is 3.86. The number of rotatable bonds is 15. The predicted octanol–water partition coefficient (Wildman–Crippen LogP) is 5.35. The molecule has 1 aliphatic carbocycles. The zero-order chi connectivity index (χ0) is 30.5. The van der Waals surface area contributed by atoms with E-state index in [0.717, 1.165) is 35.1 Å². The molecule has 228 valence electrons. The number of alkyl carbamates (subject to hydrolysis) is 2. The van der Waals surface area contributed by atoms with Crippen molar-refractivity contribution in [1.29, 1.82) is 0 Å². The number of unbranched alkanes of at least 4 members (excludes halogenated alkanes) is 3. The Balaban J connectivity index is 1.28. The SMILES string of the molecule is CC(C)(C)OC(=O)NCCCCCC(=O)NCCCC[C@H](NC(=O)OCC1c2ccccc2-c2ccccc21)C(=O)O. The molecule has 10 heteroatoms. The van der Waals surface area contributed by atoms with Gasteiger partial charge in [-0.25, -0.2) is 14.4 Å². The lowest BCUT2D eigenvalue weighted by Gasteiger charge is -2.19. The van der Waals surface area contributed by atoms with Crippen molar-refractivity contribution in [3.05, 3.63) is 59.7 Å². The molecule has 10 nitrogen and oxygen atoms in total. The Morgan fingerprint density at radius 3 is 2.02 bits per heavy atom. The van der Waals surface area contributed by atoms with Crippen LogP contribution in [-0.2, 0) is 19.1 Å². The third kappa shape index (κ3) is 10.4. The first-order chi connectivity index (χ1) is 20.0. The molecule has 3 rings (SSSR count). The average molecular weight is 582 g/mol. The maximum Gasteiger partial charge on any atom is 0.407 e. The van der Waals surface area contributed by atoms with Gasteiger partial charge in [0, 0.05) is 25.4 Å². The minimum atomic E-state index is -1.13. The van der Waals surface area contributed by atoms with E-state index in [1.807, 2.05) is 48.5 Å². The van der Waals surface area contributed by atoms with E-state index in [-0.39, 0.29) is 24.9 Å². The summed E-state index contributed by atoms with van der Waals surface area (Å²) >= 11 is 0. The first-order valence-corrected chi connectivity index (χ1v) is 14.6. The molecule has 0 aliphatic heterocycles. The van der Waals surface area contributed by atoms with Crippen LogP contribution in [0, 0.1) is 0 Å². The zero-order valence-electron chi connectivity index (χ0n) is 24.7. The van der Waals surface area contributed by atoms with Gasteiger partial charge in [-0.15, -0.1) is 0 Å². The second-order valence-corrected chi connectivity index (χ2v) is 11.4. The summed E-state index contributed by atoms with van der Waals surface area (Å²) < 4.78 is 10.6. The van der Waals surface area contributed by atoms with Crippen LogP contribution in [0.25, 0.3) is 11.1 Å². The molecule has 3 amide bonds. The monoisotopic (exact) mass is 581 g/mol. The Kier molecular flexibility index (Phi) is 12.2. The van der Waals surface area contributed by atoms with Crippen LogP contribution in [0.1, 0.15) is 82.8 Å². The number of nitrogens with one attached hydrogen (secondary N) is 3. The number of benzene rings is 2. The molecular formula is C32H43N3O7. The molecule has 0 saturated heterocycles. The largest absolute Gasteiger partial charge is 0.480 e. The lowest BCUT2D eigenvalue weighted by atomic mass is 9.98. The van der Waals surface area contributed by atoms with Crippen molar-refractivity contribution >= 4 is 24.1 Å². The molecule has 1 aliphatic rings. The van der Waals surface area contributed by atoms with Crippen LogP contribution in [0.3, 0.4) is 0 Å². The van der Waals surface area contributed by atoms with Gasteiger partial charge in [0.2, 0.25) is 5.91 Å². The molecule has 2 aromatic rings. The number of carbonyl (C=O) groups excluding carboxylic acids is 3.